The van der Waals surface area contributed by atoms with Crippen molar-refractivity contribution in [1.29, 1.82) is 0 Å². The lowest BCUT2D eigenvalue weighted by atomic mass is 10.2. The van der Waals surface area contributed by atoms with Crippen LogP contribution in [0, 0.1) is 0 Å². The van der Waals surface area contributed by atoms with Crippen LogP contribution in [-0.2, 0) is 4.79 Å². The van der Waals surface area contributed by atoms with Crippen molar-refractivity contribution in [2.24, 2.45) is 0 Å². The average molecular weight is 220 g/mol. The Morgan fingerprint density at radius 1 is 1.25 bits per heavy atom. The summed E-state index contributed by atoms with van der Waals surface area (Å²) in [5.41, 5.74) is 1.66. The summed E-state index contributed by atoms with van der Waals surface area (Å²) in [5, 5.41) is 5.78. The molecular weight excluding hydrogens is 200 g/mol. The minimum absolute atomic E-state index is 0.0260. The Hall–Kier alpha value is -1.77. The first-order chi connectivity index (χ1) is 7.77. The van der Waals surface area contributed by atoms with Crippen molar-refractivity contribution in [1.82, 2.24) is 10.6 Å². The smallest absolute Gasteiger partial charge is 0.243 e. The van der Waals surface area contributed by atoms with Gasteiger partial charge in [0.1, 0.15) is 0 Å². The summed E-state index contributed by atoms with van der Waals surface area (Å²) in [6, 6.07) is 0. The van der Waals surface area contributed by atoms with Crippen LogP contribution in [0.2, 0.25) is 0 Å². The standard InChI is InChI=1S/C11H14N2O.C2H6/c1-3-5-7-10-9(6-4-2)12-8-11(14)13-10;1-2/h3-7,12H,2,8H2,1H3,(H,13,14);1-2H3/b5-3-,9-6+,10-7+;. The first kappa shape index (κ1) is 14.2. The van der Waals surface area contributed by atoms with Gasteiger partial charge < -0.3 is 10.6 Å². The van der Waals surface area contributed by atoms with Gasteiger partial charge in [-0.15, -0.1) is 0 Å². The third-order valence-electron chi connectivity index (χ3n) is 1.74. The van der Waals surface area contributed by atoms with Crippen LogP contribution in [0.15, 0.2) is 48.4 Å². The number of carbonyl (C=O) groups is 1. The molecule has 1 heterocycles. The summed E-state index contributed by atoms with van der Waals surface area (Å²) in [6.07, 6.45) is 9.14. The molecule has 3 nitrogen and oxygen atoms in total. The lowest BCUT2D eigenvalue weighted by Crippen LogP contribution is -2.41. The van der Waals surface area contributed by atoms with Crippen molar-refractivity contribution < 1.29 is 4.79 Å². The van der Waals surface area contributed by atoms with E-state index in [9.17, 15) is 4.79 Å². The first-order valence-corrected chi connectivity index (χ1v) is 5.47. The van der Waals surface area contributed by atoms with E-state index in [1.807, 2.05) is 45.1 Å². The highest BCUT2D eigenvalue weighted by molar-refractivity contribution is 5.83. The highest BCUT2D eigenvalue weighted by atomic mass is 16.2. The predicted molar refractivity (Wildman–Crippen MR) is 68.7 cm³/mol. The van der Waals surface area contributed by atoms with E-state index in [0.29, 0.717) is 6.54 Å². The summed E-state index contributed by atoms with van der Waals surface area (Å²) in [4.78, 5) is 11.1. The lowest BCUT2D eigenvalue weighted by molar-refractivity contribution is -0.119. The molecule has 1 saturated heterocycles. The molecule has 0 saturated carbocycles. The number of allylic oxidation sites excluding steroid dienone is 5. The minimum Gasteiger partial charge on any atom is -0.374 e. The molecule has 0 radical (unpaired) electrons. The molecule has 1 aliphatic heterocycles. The molecule has 1 fully saturated rings. The van der Waals surface area contributed by atoms with E-state index >= 15 is 0 Å². The minimum atomic E-state index is -0.0260. The zero-order valence-electron chi connectivity index (χ0n) is 10.2. The average Bonchev–Trinajstić information content (AvgIpc) is 2.32. The molecule has 88 valence electrons. The number of rotatable bonds is 2. The Morgan fingerprint density at radius 2 is 1.94 bits per heavy atom. The monoisotopic (exact) mass is 220 g/mol. The third kappa shape index (κ3) is 4.64. The molecule has 0 aromatic carbocycles. The normalized spacial score (nSPS) is 20.1. The van der Waals surface area contributed by atoms with Crippen molar-refractivity contribution in [3.63, 3.8) is 0 Å². The molecule has 3 heteroatoms. The molecule has 1 rings (SSSR count). The fraction of sp³-hybridized carbons (Fsp3) is 0.308. The lowest BCUT2D eigenvalue weighted by Gasteiger charge is -2.20. The molecule has 0 atom stereocenters. The second kappa shape index (κ2) is 8.53. The van der Waals surface area contributed by atoms with Crippen molar-refractivity contribution >= 4 is 5.91 Å². The molecule has 1 aliphatic rings. The maximum Gasteiger partial charge on any atom is 0.243 e. The molecule has 1 amide bonds. The summed E-state index contributed by atoms with van der Waals surface area (Å²) in [6.45, 7) is 9.85. The topological polar surface area (TPSA) is 41.1 Å². The van der Waals surface area contributed by atoms with Gasteiger partial charge >= 0.3 is 0 Å². The number of hydrogen-bond donors (Lipinski definition) is 2. The van der Waals surface area contributed by atoms with Crippen molar-refractivity contribution in [2.45, 2.75) is 20.8 Å². The molecule has 0 aliphatic carbocycles. The van der Waals surface area contributed by atoms with Crippen LogP contribution in [0.25, 0.3) is 0 Å². The van der Waals surface area contributed by atoms with Crippen LogP contribution in [0.5, 0.6) is 0 Å². The van der Waals surface area contributed by atoms with Crippen molar-refractivity contribution in [2.75, 3.05) is 6.54 Å². The van der Waals surface area contributed by atoms with E-state index in [1.165, 1.54) is 0 Å². The third-order valence-corrected chi connectivity index (χ3v) is 1.74. The number of hydrogen-bond acceptors (Lipinski definition) is 2. The quantitative estimate of drug-likeness (QED) is 0.749. The summed E-state index contributed by atoms with van der Waals surface area (Å²) >= 11 is 0. The second-order valence-electron chi connectivity index (χ2n) is 2.82. The Labute approximate surface area is 97.6 Å². The van der Waals surface area contributed by atoms with Gasteiger partial charge in [0, 0.05) is 0 Å². The highest BCUT2D eigenvalue weighted by Gasteiger charge is 2.14. The van der Waals surface area contributed by atoms with E-state index < -0.39 is 0 Å². The first-order valence-electron chi connectivity index (χ1n) is 5.47. The largest absolute Gasteiger partial charge is 0.374 e. The van der Waals surface area contributed by atoms with Crippen LogP contribution < -0.4 is 10.6 Å². The molecule has 2 N–H and O–H groups in total. The van der Waals surface area contributed by atoms with Gasteiger partial charge in [0.25, 0.3) is 0 Å². The molecule has 0 aromatic rings. The van der Waals surface area contributed by atoms with E-state index in [1.54, 1.807) is 6.08 Å². The fourth-order valence-electron chi connectivity index (χ4n) is 1.12. The van der Waals surface area contributed by atoms with Gasteiger partial charge in [0.05, 0.1) is 17.9 Å². The zero-order valence-corrected chi connectivity index (χ0v) is 10.2. The van der Waals surface area contributed by atoms with Crippen LogP contribution in [0.1, 0.15) is 20.8 Å². The zero-order chi connectivity index (χ0) is 12.4. The van der Waals surface area contributed by atoms with E-state index in [2.05, 4.69) is 17.2 Å². The molecule has 0 aromatic heterocycles. The van der Waals surface area contributed by atoms with Gasteiger partial charge in [-0.3, -0.25) is 4.79 Å². The summed E-state index contributed by atoms with van der Waals surface area (Å²) < 4.78 is 0. The second-order valence-corrected chi connectivity index (χ2v) is 2.82. The van der Waals surface area contributed by atoms with Gasteiger partial charge in [-0.1, -0.05) is 38.7 Å². The van der Waals surface area contributed by atoms with Crippen molar-refractivity contribution in [3.8, 4) is 0 Å². The summed E-state index contributed by atoms with van der Waals surface area (Å²) in [5.74, 6) is -0.0260. The predicted octanol–water partition coefficient (Wildman–Crippen LogP) is 2.26. The van der Waals surface area contributed by atoms with Crippen LogP contribution in [0.3, 0.4) is 0 Å². The molecule has 0 spiro atoms. The molecular formula is C13H20N2O. The van der Waals surface area contributed by atoms with E-state index in [0.717, 1.165) is 11.4 Å². The Morgan fingerprint density at radius 3 is 2.50 bits per heavy atom. The molecule has 0 bridgehead atoms. The van der Waals surface area contributed by atoms with Crippen LogP contribution in [-0.4, -0.2) is 12.5 Å². The summed E-state index contributed by atoms with van der Waals surface area (Å²) in [7, 11) is 0. The number of nitrogens with one attached hydrogen (secondary N) is 2. The van der Waals surface area contributed by atoms with Gasteiger partial charge in [0.2, 0.25) is 5.91 Å². The van der Waals surface area contributed by atoms with E-state index in [4.69, 9.17) is 0 Å². The van der Waals surface area contributed by atoms with Gasteiger partial charge in [-0.2, -0.15) is 0 Å². The highest BCUT2D eigenvalue weighted by Crippen LogP contribution is 2.07. The van der Waals surface area contributed by atoms with Crippen LogP contribution >= 0.6 is 0 Å². The molecule has 0 unspecified atom stereocenters. The van der Waals surface area contributed by atoms with Gasteiger partial charge in [-0.05, 0) is 19.1 Å². The maximum atomic E-state index is 11.1. The van der Waals surface area contributed by atoms with Crippen molar-refractivity contribution in [3.05, 3.63) is 48.4 Å². The molecule has 16 heavy (non-hydrogen) atoms. The Kier molecular flexibility index (Phi) is 7.59. The van der Waals surface area contributed by atoms with Gasteiger partial charge in [0.15, 0.2) is 0 Å². The van der Waals surface area contributed by atoms with Gasteiger partial charge in [-0.25, -0.2) is 0 Å². The van der Waals surface area contributed by atoms with E-state index in [-0.39, 0.29) is 5.91 Å². The fourth-order valence-corrected chi connectivity index (χ4v) is 1.12. The Bertz CT molecular complexity index is 325. The number of amides is 1. The maximum absolute atomic E-state index is 11.1. The van der Waals surface area contributed by atoms with Crippen LogP contribution in [0.4, 0.5) is 0 Å². The SMILES string of the molecule is C=C/C=C1/NCC(=O)N/C1=C/C=C\C.CC. The number of carbonyl (C=O) groups excluding carboxylic acids is 1. The number of piperazine rings is 1. The Balaban J connectivity index is 0.00000106.